The highest BCUT2D eigenvalue weighted by molar-refractivity contribution is 5.44. The van der Waals surface area contributed by atoms with Crippen LogP contribution in [0.4, 0.5) is 8.78 Å². The second-order valence-electron chi connectivity index (χ2n) is 6.31. The number of ether oxygens (including phenoxy) is 2. The molecule has 23 heavy (non-hydrogen) atoms. The molecule has 1 N–H and O–H groups in total. The topological polar surface area (TPSA) is 38.7 Å². The maximum Gasteiger partial charge on any atom is 0.400 e. The van der Waals surface area contributed by atoms with E-state index in [0.717, 1.165) is 0 Å². The SMILES string of the molecule is C=CC1CCC(C(F)(F)Oc2ccc(O)c(OC(C)C)c2)CC1. The molecule has 128 valence electrons. The van der Waals surface area contributed by atoms with Crippen molar-refractivity contribution in [3.8, 4) is 17.2 Å². The van der Waals surface area contributed by atoms with Crippen LogP contribution in [0.15, 0.2) is 30.9 Å². The Bertz CT molecular complexity index is 535. The van der Waals surface area contributed by atoms with Crippen molar-refractivity contribution in [3.63, 3.8) is 0 Å². The number of hydrogen-bond acceptors (Lipinski definition) is 3. The molecule has 0 bridgehead atoms. The zero-order valence-corrected chi connectivity index (χ0v) is 13.6. The monoisotopic (exact) mass is 326 g/mol. The highest BCUT2D eigenvalue weighted by Crippen LogP contribution is 2.41. The third-order valence-electron chi connectivity index (χ3n) is 4.13. The summed E-state index contributed by atoms with van der Waals surface area (Å²) < 4.78 is 39.1. The molecule has 0 spiro atoms. The molecule has 0 aliphatic heterocycles. The van der Waals surface area contributed by atoms with E-state index >= 15 is 0 Å². The van der Waals surface area contributed by atoms with Gasteiger partial charge >= 0.3 is 6.11 Å². The lowest BCUT2D eigenvalue weighted by Gasteiger charge is -2.32. The van der Waals surface area contributed by atoms with E-state index in [9.17, 15) is 13.9 Å². The summed E-state index contributed by atoms with van der Waals surface area (Å²) in [7, 11) is 0. The first-order valence-corrected chi connectivity index (χ1v) is 8.01. The standard InChI is InChI=1S/C18H24F2O3/c1-4-13-5-7-14(8-6-13)18(19,20)23-15-9-10-16(21)17(11-15)22-12(2)3/h4,9-14,21H,1,5-8H2,2-3H3. The molecule has 5 heteroatoms. The van der Waals surface area contributed by atoms with Crippen LogP contribution in [-0.2, 0) is 0 Å². The van der Waals surface area contributed by atoms with Gasteiger partial charge in [0.1, 0.15) is 5.75 Å². The molecule has 1 aliphatic carbocycles. The fourth-order valence-corrected chi connectivity index (χ4v) is 2.84. The molecule has 3 nitrogen and oxygen atoms in total. The molecule has 1 saturated carbocycles. The van der Waals surface area contributed by atoms with Crippen LogP contribution in [0.3, 0.4) is 0 Å². The maximum absolute atomic E-state index is 14.4. The van der Waals surface area contributed by atoms with Gasteiger partial charge in [0.2, 0.25) is 0 Å². The Morgan fingerprint density at radius 2 is 1.91 bits per heavy atom. The van der Waals surface area contributed by atoms with Crippen LogP contribution >= 0.6 is 0 Å². The fourth-order valence-electron chi connectivity index (χ4n) is 2.84. The molecular formula is C18H24F2O3. The lowest BCUT2D eigenvalue weighted by Crippen LogP contribution is -2.37. The molecule has 0 amide bonds. The first-order chi connectivity index (χ1) is 10.8. The Morgan fingerprint density at radius 1 is 1.26 bits per heavy atom. The van der Waals surface area contributed by atoms with Gasteiger partial charge in [0, 0.05) is 6.07 Å². The van der Waals surface area contributed by atoms with Crippen molar-refractivity contribution >= 4 is 0 Å². The number of alkyl halides is 2. The van der Waals surface area contributed by atoms with Gasteiger partial charge in [-0.05, 0) is 57.6 Å². The van der Waals surface area contributed by atoms with Gasteiger partial charge in [-0.1, -0.05) is 6.08 Å². The van der Waals surface area contributed by atoms with Crippen LogP contribution in [0, 0.1) is 11.8 Å². The quantitative estimate of drug-likeness (QED) is 0.735. The number of phenolic OH excluding ortho intramolecular Hbond substituents is 1. The Hall–Kier alpha value is -1.78. The summed E-state index contributed by atoms with van der Waals surface area (Å²) in [5.41, 5.74) is 0. The summed E-state index contributed by atoms with van der Waals surface area (Å²) in [5, 5.41) is 9.71. The normalized spacial score (nSPS) is 22.0. The zero-order chi connectivity index (χ0) is 17.0. The Morgan fingerprint density at radius 3 is 2.48 bits per heavy atom. The third kappa shape index (κ3) is 4.60. The van der Waals surface area contributed by atoms with Crippen molar-refractivity contribution in [2.24, 2.45) is 11.8 Å². The minimum absolute atomic E-state index is 0.00528. The lowest BCUT2D eigenvalue weighted by molar-refractivity contribution is -0.223. The van der Waals surface area contributed by atoms with Gasteiger partial charge in [-0.15, -0.1) is 6.58 Å². The van der Waals surface area contributed by atoms with Crippen molar-refractivity contribution < 1.29 is 23.4 Å². The number of benzene rings is 1. The van der Waals surface area contributed by atoms with E-state index in [-0.39, 0.29) is 23.4 Å². The Kier molecular flexibility index (Phi) is 5.50. The van der Waals surface area contributed by atoms with Gasteiger partial charge < -0.3 is 14.6 Å². The van der Waals surface area contributed by atoms with Crippen molar-refractivity contribution in [2.75, 3.05) is 0 Å². The predicted octanol–water partition coefficient (Wildman–Crippen LogP) is 5.14. The molecule has 0 atom stereocenters. The van der Waals surface area contributed by atoms with Crippen LogP contribution < -0.4 is 9.47 Å². The largest absolute Gasteiger partial charge is 0.504 e. The molecule has 1 aliphatic rings. The second kappa shape index (κ2) is 7.20. The molecular weight excluding hydrogens is 302 g/mol. The number of allylic oxidation sites excluding steroid dienone is 1. The molecule has 0 heterocycles. The van der Waals surface area contributed by atoms with Crippen LogP contribution in [0.5, 0.6) is 17.2 Å². The Balaban J connectivity index is 2.06. The van der Waals surface area contributed by atoms with E-state index in [1.165, 1.54) is 18.2 Å². The van der Waals surface area contributed by atoms with Crippen LogP contribution in [0.25, 0.3) is 0 Å². The number of aromatic hydroxyl groups is 1. The van der Waals surface area contributed by atoms with Crippen molar-refractivity contribution in [3.05, 3.63) is 30.9 Å². The molecule has 0 unspecified atom stereocenters. The van der Waals surface area contributed by atoms with Crippen LogP contribution in [0.1, 0.15) is 39.5 Å². The summed E-state index contributed by atoms with van der Waals surface area (Å²) in [6.45, 7) is 7.31. The molecule has 1 aromatic rings. The van der Waals surface area contributed by atoms with Crippen LogP contribution in [0.2, 0.25) is 0 Å². The minimum Gasteiger partial charge on any atom is -0.504 e. The predicted molar refractivity (Wildman–Crippen MR) is 85.1 cm³/mol. The van der Waals surface area contributed by atoms with Crippen LogP contribution in [-0.4, -0.2) is 17.3 Å². The van der Waals surface area contributed by atoms with E-state index < -0.39 is 12.0 Å². The fraction of sp³-hybridized carbons (Fsp3) is 0.556. The molecule has 0 radical (unpaired) electrons. The third-order valence-corrected chi connectivity index (χ3v) is 4.13. The van der Waals surface area contributed by atoms with Gasteiger partial charge in [0.15, 0.2) is 11.5 Å². The Labute approximate surface area is 135 Å². The molecule has 1 aromatic carbocycles. The number of halogens is 2. The van der Waals surface area contributed by atoms with E-state index in [4.69, 9.17) is 9.47 Å². The summed E-state index contributed by atoms with van der Waals surface area (Å²) >= 11 is 0. The van der Waals surface area contributed by atoms with Crippen molar-refractivity contribution in [1.29, 1.82) is 0 Å². The summed E-state index contributed by atoms with van der Waals surface area (Å²) in [4.78, 5) is 0. The van der Waals surface area contributed by atoms with Gasteiger partial charge in [0.25, 0.3) is 0 Å². The average molecular weight is 326 g/mol. The second-order valence-corrected chi connectivity index (χ2v) is 6.31. The molecule has 2 rings (SSSR count). The van der Waals surface area contributed by atoms with E-state index in [1.54, 1.807) is 13.8 Å². The van der Waals surface area contributed by atoms with E-state index in [0.29, 0.717) is 31.6 Å². The smallest absolute Gasteiger partial charge is 0.400 e. The first-order valence-electron chi connectivity index (χ1n) is 8.01. The van der Waals surface area contributed by atoms with Gasteiger partial charge in [-0.2, -0.15) is 8.78 Å². The molecule has 1 fully saturated rings. The lowest BCUT2D eigenvalue weighted by atomic mass is 9.81. The van der Waals surface area contributed by atoms with Gasteiger partial charge in [-0.3, -0.25) is 0 Å². The molecule has 0 aromatic heterocycles. The maximum atomic E-state index is 14.4. The summed E-state index contributed by atoms with van der Waals surface area (Å²) in [6.07, 6.45) is 0.678. The van der Waals surface area contributed by atoms with E-state index in [1.807, 2.05) is 6.08 Å². The van der Waals surface area contributed by atoms with Crippen molar-refractivity contribution in [1.82, 2.24) is 0 Å². The zero-order valence-electron chi connectivity index (χ0n) is 13.6. The highest BCUT2D eigenvalue weighted by Gasteiger charge is 2.43. The van der Waals surface area contributed by atoms with Gasteiger partial charge in [0.05, 0.1) is 12.0 Å². The van der Waals surface area contributed by atoms with Gasteiger partial charge in [-0.25, -0.2) is 0 Å². The first kappa shape index (κ1) is 17.6. The van der Waals surface area contributed by atoms with E-state index in [2.05, 4.69) is 6.58 Å². The summed E-state index contributed by atoms with van der Waals surface area (Å²) in [6, 6.07) is 3.93. The van der Waals surface area contributed by atoms with Crippen molar-refractivity contribution in [2.45, 2.75) is 51.7 Å². The number of rotatable bonds is 6. The minimum atomic E-state index is -3.24. The number of hydrogen-bond donors (Lipinski definition) is 1. The number of phenols is 1. The average Bonchev–Trinajstić information content (AvgIpc) is 2.50. The highest BCUT2D eigenvalue weighted by atomic mass is 19.3. The molecule has 0 saturated heterocycles. The summed E-state index contributed by atoms with van der Waals surface area (Å²) in [5.74, 6) is -0.442.